The van der Waals surface area contributed by atoms with Gasteiger partial charge in [-0.15, -0.1) is 0 Å². The summed E-state index contributed by atoms with van der Waals surface area (Å²) in [4.78, 5) is 11.8. The maximum Gasteiger partial charge on any atom is 0.249 e. The Morgan fingerprint density at radius 1 is 1.56 bits per heavy atom. The fourth-order valence-corrected chi connectivity index (χ4v) is 1.83. The van der Waals surface area contributed by atoms with Gasteiger partial charge in [0.25, 0.3) is 0 Å². The van der Waals surface area contributed by atoms with Crippen LogP contribution in [0.3, 0.4) is 0 Å². The van der Waals surface area contributed by atoms with Gasteiger partial charge in [-0.3, -0.25) is 4.79 Å². The van der Waals surface area contributed by atoms with E-state index in [1.165, 1.54) is 0 Å². The number of ether oxygens (including phenoxy) is 1. The molecule has 1 amide bonds. The van der Waals surface area contributed by atoms with Crippen molar-refractivity contribution in [2.45, 2.75) is 50.9 Å². The summed E-state index contributed by atoms with van der Waals surface area (Å²) in [6, 6.07) is 0. The molecule has 0 aliphatic carbocycles. The summed E-state index contributed by atoms with van der Waals surface area (Å²) in [5, 5.41) is 11.7. The van der Waals surface area contributed by atoms with Gasteiger partial charge in [-0.05, 0) is 33.1 Å². The molecule has 0 aromatic heterocycles. The van der Waals surface area contributed by atoms with Crippen LogP contribution in [0.4, 0.5) is 0 Å². The highest BCUT2D eigenvalue weighted by Crippen LogP contribution is 2.20. The summed E-state index contributed by atoms with van der Waals surface area (Å²) in [6.45, 7) is 4.29. The molecule has 94 valence electrons. The SMILES string of the molecule is CC(C)(CCO)NC(=O)C1CCC(CN)O1. The van der Waals surface area contributed by atoms with Crippen molar-refractivity contribution < 1.29 is 14.6 Å². The largest absolute Gasteiger partial charge is 0.396 e. The molecule has 4 N–H and O–H groups in total. The molecule has 1 heterocycles. The molecule has 1 aliphatic heterocycles. The lowest BCUT2D eigenvalue weighted by atomic mass is 10.0. The van der Waals surface area contributed by atoms with E-state index in [0.29, 0.717) is 13.0 Å². The zero-order chi connectivity index (χ0) is 12.2. The average molecular weight is 230 g/mol. The minimum atomic E-state index is -0.393. The van der Waals surface area contributed by atoms with Gasteiger partial charge in [-0.25, -0.2) is 0 Å². The number of aliphatic hydroxyl groups excluding tert-OH is 1. The van der Waals surface area contributed by atoms with E-state index in [-0.39, 0.29) is 24.7 Å². The highest BCUT2D eigenvalue weighted by atomic mass is 16.5. The topological polar surface area (TPSA) is 84.6 Å². The second-order valence-electron chi connectivity index (χ2n) is 4.91. The summed E-state index contributed by atoms with van der Waals surface area (Å²) in [5.74, 6) is -0.102. The van der Waals surface area contributed by atoms with Crippen LogP contribution >= 0.6 is 0 Å². The Morgan fingerprint density at radius 2 is 2.25 bits per heavy atom. The van der Waals surface area contributed by atoms with Gasteiger partial charge in [0.1, 0.15) is 6.10 Å². The molecule has 0 spiro atoms. The van der Waals surface area contributed by atoms with E-state index in [9.17, 15) is 4.79 Å². The van der Waals surface area contributed by atoms with Crippen molar-refractivity contribution in [3.63, 3.8) is 0 Å². The Labute approximate surface area is 96.3 Å². The van der Waals surface area contributed by atoms with Crippen molar-refractivity contribution in [3.8, 4) is 0 Å². The molecular formula is C11H22N2O3. The fourth-order valence-electron chi connectivity index (χ4n) is 1.83. The van der Waals surface area contributed by atoms with Gasteiger partial charge >= 0.3 is 0 Å². The van der Waals surface area contributed by atoms with Crippen LogP contribution in [0.5, 0.6) is 0 Å². The number of carbonyl (C=O) groups excluding carboxylic acids is 1. The molecule has 5 nitrogen and oxygen atoms in total. The second-order valence-corrected chi connectivity index (χ2v) is 4.91. The molecule has 1 saturated heterocycles. The fraction of sp³-hybridized carbons (Fsp3) is 0.909. The van der Waals surface area contributed by atoms with E-state index in [0.717, 1.165) is 12.8 Å². The number of nitrogens with one attached hydrogen (secondary N) is 1. The monoisotopic (exact) mass is 230 g/mol. The summed E-state index contributed by atoms with van der Waals surface area (Å²) in [7, 11) is 0. The van der Waals surface area contributed by atoms with Gasteiger partial charge in [0, 0.05) is 18.7 Å². The predicted molar refractivity (Wildman–Crippen MR) is 60.9 cm³/mol. The van der Waals surface area contributed by atoms with Crippen molar-refractivity contribution in [2.75, 3.05) is 13.2 Å². The predicted octanol–water partition coefficient (Wildman–Crippen LogP) is -0.230. The standard InChI is InChI=1S/C11H22N2O3/c1-11(2,5-6-14)13-10(15)9-4-3-8(7-12)16-9/h8-9,14H,3-7,12H2,1-2H3,(H,13,15). The smallest absolute Gasteiger partial charge is 0.249 e. The Bertz CT molecular complexity index is 243. The average Bonchev–Trinajstić information content (AvgIpc) is 2.64. The first-order valence-corrected chi connectivity index (χ1v) is 5.77. The van der Waals surface area contributed by atoms with Crippen LogP contribution in [0.2, 0.25) is 0 Å². The number of amides is 1. The number of aliphatic hydroxyl groups is 1. The lowest BCUT2D eigenvalue weighted by Crippen LogP contribution is -2.48. The summed E-state index contributed by atoms with van der Waals surface area (Å²) < 4.78 is 5.50. The molecule has 2 atom stereocenters. The van der Waals surface area contributed by atoms with Crippen molar-refractivity contribution >= 4 is 5.91 Å². The first-order chi connectivity index (χ1) is 7.48. The maximum absolute atomic E-state index is 11.8. The van der Waals surface area contributed by atoms with Crippen LogP contribution in [-0.4, -0.2) is 41.9 Å². The van der Waals surface area contributed by atoms with E-state index in [1.54, 1.807) is 0 Å². The minimum Gasteiger partial charge on any atom is -0.396 e. The van der Waals surface area contributed by atoms with Crippen LogP contribution < -0.4 is 11.1 Å². The first-order valence-electron chi connectivity index (χ1n) is 5.77. The molecule has 1 rings (SSSR count). The number of rotatable bonds is 5. The van der Waals surface area contributed by atoms with Crippen molar-refractivity contribution in [3.05, 3.63) is 0 Å². The number of carbonyl (C=O) groups is 1. The molecule has 0 radical (unpaired) electrons. The van der Waals surface area contributed by atoms with Crippen LogP contribution in [0.1, 0.15) is 33.1 Å². The highest BCUT2D eigenvalue weighted by Gasteiger charge is 2.32. The zero-order valence-corrected chi connectivity index (χ0v) is 10.0. The normalized spacial score (nSPS) is 25.8. The van der Waals surface area contributed by atoms with Gasteiger partial charge < -0.3 is 20.9 Å². The van der Waals surface area contributed by atoms with E-state index >= 15 is 0 Å². The van der Waals surface area contributed by atoms with Crippen LogP contribution in [0.25, 0.3) is 0 Å². The third-order valence-corrected chi connectivity index (χ3v) is 2.86. The summed E-state index contributed by atoms with van der Waals surface area (Å²) in [6.07, 6.45) is 1.73. The van der Waals surface area contributed by atoms with Crippen molar-refractivity contribution in [2.24, 2.45) is 5.73 Å². The summed E-state index contributed by atoms with van der Waals surface area (Å²) in [5.41, 5.74) is 5.09. The third-order valence-electron chi connectivity index (χ3n) is 2.86. The molecule has 0 bridgehead atoms. The first kappa shape index (κ1) is 13.4. The number of hydrogen-bond donors (Lipinski definition) is 3. The highest BCUT2D eigenvalue weighted by molar-refractivity contribution is 5.81. The van der Waals surface area contributed by atoms with Gasteiger partial charge in [-0.1, -0.05) is 0 Å². The Morgan fingerprint density at radius 3 is 2.75 bits per heavy atom. The van der Waals surface area contributed by atoms with E-state index in [1.807, 2.05) is 13.8 Å². The Hall–Kier alpha value is -0.650. The molecular weight excluding hydrogens is 208 g/mol. The lowest BCUT2D eigenvalue weighted by molar-refractivity contribution is -0.133. The summed E-state index contributed by atoms with van der Waals surface area (Å²) >= 11 is 0. The van der Waals surface area contributed by atoms with Gasteiger partial charge in [-0.2, -0.15) is 0 Å². The Kier molecular flexibility index (Phi) is 4.70. The Balaban J connectivity index is 2.41. The third kappa shape index (κ3) is 3.73. The molecule has 5 heteroatoms. The lowest BCUT2D eigenvalue weighted by Gasteiger charge is -2.27. The minimum absolute atomic E-state index is 0.0108. The molecule has 0 saturated carbocycles. The van der Waals surface area contributed by atoms with Crippen LogP contribution in [-0.2, 0) is 9.53 Å². The maximum atomic E-state index is 11.8. The van der Waals surface area contributed by atoms with E-state index in [4.69, 9.17) is 15.6 Å². The van der Waals surface area contributed by atoms with E-state index < -0.39 is 5.54 Å². The van der Waals surface area contributed by atoms with Crippen molar-refractivity contribution in [1.82, 2.24) is 5.32 Å². The molecule has 1 fully saturated rings. The molecule has 0 aromatic rings. The van der Waals surface area contributed by atoms with Crippen molar-refractivity contribution in [1.29, 1.82) is 0 Å². The van der Waals surface area contributed by atoms with Gasteiger partial charge in [0.05, 0.1) is 6.10 Å². The van der Waals surface area contributed by atoms with Crippen LogP contribution in [0.15, 0.2) is 0 Å². The van der Waals surface area contributed by atoms with E-state index in [2.05, 4.69) is 5.32 Å². The van der Waals surface area contributed by atoms with Gasteiger partial charge in [0.2, 0.25) is 5.91 Å². The second kappa shape index (κ2) is 5.61. The molecule has 2 unspecified atom stereocenters. The molecule has 0 aromatic carbocycles. The van der Waals surface area contributed by atoms with Crippen LogP contribution in [0, 0.1) is 0 Å². The number of hydrogen-bond acceptors (Lipinski definition) is 4. The molecule has 1 aliphatic rings. The zero-order valence-electron chi connectivity index (χ0n) is 10.0. The van der Waals surface area contributed by atoms with Gasteiger partial charge in [0.15, 0.2) is 0 Å². The quantitative estimate of drug-likeness (QED) is 0.609. The molecule has 16 heavy (non-hydrogen) atoms. The number of nitrogens with two attached hydrogens (primary N) is 1.